The zero-order chi connectivity index (χ0) is 16.8. The molecule has 126 valence electrons. The van der Waals surface area contributed by atoms with E-state index in [4.69, 9.17) is 0 Å². The molecular weight excluding hydrogens is 322 g/mol. The van der Waals surface area contributed by atoms with Gasteiger partial charge in [-0.1, -0.05) is 24.3 Å². The Hall–Kier alpha value is -2.18. The molecule has 0 radical (unpaired) electrons. The van der Waals surface area contributed by atoms with Crippen LogP contribution in [0.5, 0.6) is 0 Å². The summed E-state index contributed by atoms with van der Waals surface area (Å²) in [6, 6.07) is 13.4. The monoisotopic (exact) mass is 343 g/mol. The summed E-state index contributed by atoms with van der Waals surface area (Å²) in [7, 11) is 0. The highest BCUT2D eigenvalue weighted by atomic mass is 32.1. The third-order valence-electron chi connectivity index (χ3n) is 4.06. The molecular formula is C18H21N3O2S. The van der Waals surface area contributed by atoms with Gasteiger partial charge in [0.05, 0.1) is 13.0 Å². The fourth-order valence-corrected chi connectivity index (χ4v) is 3.45. The van der Waals surface area contributed by atoms with Gasteiger partial charge in [0.15, 0.2) is 0 Å². The molecule has 1 saturated heterocycles. The SMILES string of the molecule is O=C(CN1CCN(C(=O)Cc2cccs2)CC1)Nc1ccccc1. The maximum Gasteiger partial charge on any atom is 0.238 e. The Bertz CT molecular complexity index is 665. The van der Waals surface area contributed by atoms with E-state index in [1.54, 1.807) is 11.3 Å². The fraction of sp³-hybridized carbons (Fsp3) is 0.333. The van der Waals surface area contributed by atoms with Gasteiger partial charge in [0.2, 0.25) is 11.8 Å². The number of carbonyl (C=O) groups is 2. The summed E-state index contributed by atoms with van der Waals surface area (Å²) in [6.45, 7) is 3.20. The Balaban J connectivity index is 1.41. The van der Waals surface area contributed by atoms with Gasteiger partial charge in [0, 0.05) is 36.7 Å². The summed E-state index contributed by atoms with van der Waals surface area (Å²) in [5, 5.41) is 4.89. The Morgan fingerprint density at radius 2 is 1.75 bits per heavy atom. The number of nitrogens with one attached hydrogen (secondary N) is 1. The average molecular weight is 343 g/mol. The van der Waals surface area contributed by atoms with Crippen molar-refractivity contribution in [2.24, 2.45) is 0 Å². The number of rotatable bonds is 5. The first-order valence-electron chi connectivity index (χ1n) is 8.08. The number of hydrogen-bond acceptors (Lipinski definition) is 4. The minimum absolute atomic E-state index is 0.0143. The average Bonchev–Trinajstić information content (AvgIpc) is 3.09. The largest absolute Gasteiger partial charge is 0.340 e. The first-order valence-corrected chi connectivity index (χ1v) is 8.96. The quantitative estimate of drug-likeness (QED) is 0.904. The summed E-state index contributed by atoms with van der Waals surface area (Å²) in [5.74, 6) is 0.158. The van der Waals surface area contributed by atoms with E-state index in [0.717, 1.165) is 23.7 Å². The topological polar surface area (TPSA) is 52.7 Å². The van der Waals surface area contributed by atoms with Crippen molar-refractivity contribution in [1.29, 1.82) is 0 Å². The summed E-state index contributed by atoms with van der Waals surface area (Å²) in [5.41, 5.74) is 0.812. The fourth-order valence-electron chi connectivity index (χ4n) is 2.75. The van der Waals surface area contributed by atoms with Crippen LogP contribution >= 0.6 is 11.3 Å². The Kier molecular flexibility index (Phi) is 5.61. The van der Waals surface area contributed by atoms with Crippen molar-refractivity contribution in [3.8, 4) is 0 Å². The third-order valence-corrected chi connectivity index (χ3v) is 4.93. The highest BCUT2D eigenvalue weighted by Crippen LogP contribution is 2.12. The predicted molar refractivity (Wildman–Crippen MR) is 96.1 cm³/mol. The standard InChI is InChI=1S/C18H21N3O2S/c22-17(19-15-5-2-1-3-6-15)14-20-8-10-21(11-9-20)18(23)13-16-7-4-12-24-16/h1-7,12H,8-11,13-14H2,(H,19,22). The van der Waals surface area contributed by atoms with E-state index in [2.05, 4.69) is 10.2 Å². The number of piperazine rings is 1. The van der Waals surface area contributed by atoms with Crippen LogP contribution in [0, 0.1) is 0 Å². The molecule has 3 rings (SSSR count). The lowest BCUT2D eigenvalue weighted by Crippen LogP contribution is -2.50. The van der Waals surface area contributed by atoms with Gasteiger partial charge in [-0.3, -0.25) is 14.5 Å². The van der Waals surface area contributed by atoms with Gasteiger partial charge in [-0.2, -0.15) is 0 Å². The molecule has 1 aliphatic heterocycles. The van der Waals surface area contributed by atoms with Crippen molar-refractivity contribution in [2.75, 3.05) is 38.0 Å². The summed E-state index contributed by atoms with van der Waals surface area (Å²) in [6.07, 6.45) is 0.478. The van der Waals surface area contributed by atoms with Gasteiger partial charge in [0.25, 0.3) is 0 Å². The maximum absolute atomic E-state index is 12.3. The van der Waals surface area contributed by atoms with Crippen LogP contribution in [-0.2, 0) is 16.0 Å². The van der Waals surface area contributed by atoms with Gasteiger partial charge in [-0.25, -0.2) is 0 Å². The van der Waals surface area contributed by atoms with E-state index in [1.807, 2.05) is 52.7 Å². The minimum atomic E-state index is -0.0143. The molecule has 0 atom stereocenters. The molecule has 1 aromatic heterocycles. The van der Waals surface area contributed by atoms with E-state index in [1.165, 1.54) is 0 Å². The van der Waals surface area contributed by atoms with Crippen LogP contribution in [0.1, 0.15) is 4.88 Å². The molecule has 1 fully saturated rings. The summed E-state index contributed by atoms with van der Waals surface area (Å²) >= 11 is 1.61. The molecule has 0 aliphatic carbocycles. The second-order valence-electron chi connectivity index (χ2n) is 5.83. The van der Waals surface area contributed by atoms with Crippen LogP contribution in [0.15, 0.2) is 47.8 Å². The highest BCUT2D eigenvalue weighted by Gasteiger charge is 2.22. The van der Waals surface area contributed by atoms with E-state index in [-0.39, 0.29) is 11.8 Å². The zero-order valence-electron chi connectivity index (χ0n) is 13.5. The van der Waals surface area contributed by atoms with Crippen LogP contribution in [0.3, 0.4) is 0 Å². The van der Waals surface area contributed by atoms with E-state index in [0.29, 0.717) is 26.1 Å². The number of benzene rings is 1. The van der Waals surface area contributed by atoms with Gasteiger partial charge in [0.1, 0.15) is 0 Å². The molecule has 0 saturated carbocycles. The second-order valence-corrected chi connectivity index (χ2v) is 6.86. The highest BCUT2D eigenvalue weighted by molar-refractivity contribution is 7.10. The van der Waals surface area contributed by atoms with Crippen molar-refractivity contribution in [3.63, 3.8) is 0 Å². The van der Waals surface area contributed by atoms with Gasteiger partial charge < -0.3 is 10.2 Å². The first kappa shape index (κ1) is 16.7. The molecule has 0 bridgehead atoms. The number of amides is 2. The van der Waals surface area contributed by atoms with Gasteiger partial charge >= 0.3 is 0 Å². The summed E-state index contributed by atoms with van der Waals surface area (Å²) < 4.78 is 0. The van der Waals surface area contributed by atoms with Gasteiger partial charge in [-0.05, 0) is 23.6 Å². The third kappa shape index (κ3) is 4.66. The van der Waals surface area contributed by atoms with E-state index < -0.39 is 0 Å². The number of para-hydroxylation sites is 1. The summed E-state index contributed by atoms with van der Waals surface area (Å²) in [4.78, 5) is 29.4. The lowest BCUT2D eigenvalue weighted by Gasteiger charge is -2.34. The number of carbonyl (C=O) groups excluding carboxylic acids is 2. The molecule has 24 heavy (non-hydrogen) atoms. The molecule has 2 heterocycles. The smallest absolute Gasteiger partial charge is 0.238 e. The van der Waals surface area contributed by atoms with E-state index >= 15 is 0 Å². The predicted octanol–water partition coefficient (Wildman–Crippen LogP) is 2.07. The Morgan fingerprint density at radius 3 is 2.42 bits per heavy atom. The lowest BCUT2D eigenvalue weighted by molar-refractivity contribution is -0.132. The molecule has 1 aromatic carbocycles. The molecule has 2 amide bonds. The van der Waals surface area contributed by atoms with Gasteiger partial charge in [-0.15, -0.1) is 11.3 Å². The van der Waals surface area contributed by atoms with Crippen LogP contribution < -0.4 is 5.32 Å². The molecule has 0 unspecified atom stereocenters. The van der Waals surface area contributed by atoms with Crippen LogP contribution in [0.2, 0.25) is 0 Å². The molecule has 6 heteroatoms. The van der Waals surface area contributed by atoms with Crippen LogP contribution in [-0.4, -0.2) is 54.3 Å². The number of hydrogen-bond donors (Lipinski definition) is 1. The number of anilines is 1. The first-order chi connectivity index (χ1) is 11.7. The van der Waals surface area contributed by atoms with Crippen LogP contribution in [0.25, 0.3) is 0 Å². The van der Waals surface area contributed by atoms with Crippen molar-refractivity contribution in [1.82, 2.24) is 9.80 Å². The second kappa shape index (κ2) is 8.08. The molecule has 2 aromatic rings. The Morgan fingerprint density at radius 1 is 1.00 bits per heavy atom. The van der Waals surface area contributed by atoms with E-state index in [9.17, 15) is 9.59 Å². The molecule has 1 N–H and O–H groups in total. The molecule has 5 nitrogen and oxygen atoms in total. The number of thiophene rings is 1. The van der Waals surface area contributed by atoms with Crippen molar-refractivity contribution in [2.45, 2.75) is 6.42 Å². The normalized spacial score (nSPS) is 15.2. The maximum atomic E-state index is 12.3. The lowest BCUT2D eigenvalue weighted by atomic mass is 10.2. The van der Waals surface area contributed by atoms with Crippen molar-refractivity contribution < 1.29 is 9.59 Å². The minimum Gasteiger partial charge on any atom is -0.340 e. The van der Waals surface area contributed by atoms with Crippen LogP contribution in [0.4, 0.5) is 5.69 Å². The Labute approximate surface area is 145 Å². The molecule has 1 aliphatic rings. The molecule has 0 spiro atoms. The van der Waals surface area contributed by atoms with Crippen molar-refractivity contribution in [3.05, 3.63) is 52.7 Å². The number of nitrogens with zero attached hydrogens (tertiary/aromatic N) is 2. The van der Waals surface area contributed by atoms with Crippen molar-refractivity contribution >= 4 is 28.8 Å². The zero-order valence-corrected chi connectivity index (χ0v) is 14.3.